The lowest BCUT2D eigenvalue weighted by Gasteiger charge is -2.45. The SMILES string of the molecule is BrCO[C@H]1O[C@H](COCc2ccccc2)[C@@H](OCc2ccccc2)[C@H](OCc2ccccc2)[C@@H]1OCc1ccccc1. The topological polar surface area (TPSA) is 55.4 Å². The van der Waals surface area contributed by atoms with Crippen LogP contribution in [-0.2, 0) is 54.8 Å². The Morgan fingerprint density at radius 2 is 0.881 bits per heavy atom. The van der Waals surface area contributed by atoms with Gasteiger partial charge in [-0.15, -0.1) is 0 Å². The Morgan fingerprint density at radius 1 is 0.476 bits per heavy atom. The van der Waals surface area contributed by atoms with Crippen molar-refractivity contribution in [1.82, 2.24) is 0 Å². The van der Waals surface area contributed by atoms with Gasteiger partial charge >= 0.3 is 0 Å². The van der Waals surface area contributed by atoms with Crippen molar-refractivity contribution in [3.63, 3.8) is 0 Å². The Balaban J connectivity index is 1.40. The van der Waals surface area contributed by atoms with Gasteiger partial charge in [-0.05, 0) is 22.3 Å². The van der Waals surface area contributed by atoms with Crippen LogP contribution in [0, 0.1) is 0 Å². The molecule has 0 aromatic heterocycles. The van der Waals surface area contributed by atoms with Crippen LogP contribution < -0.4 is 0 Å². The van der Waals surface area contributed by atoms with Gasteiger partial charge in [0.25, 0.3) is 0 Å². The summed E-state index contributed by atoms with van der Waals surface area (Å²) in [6, 6.07) is 40.3. The second kappa shape index (κ2) is 16.7. The number of benzene rings is 4. The quantitative estimate of drug-likeness (QED) is 0.131. The van der Waals surface area contributed by atoms with Gasteiger partial charge in [-0.1, -0.05) is 137 Å². The van der Waals surface area contributed by atoms with Crippen LogP contribution in [0.3, 0.4) is 0 Å². The lowest BCUT2D eigenvalue weighted by atomic mass is 9.97. The van der Waals surface area contributed by atoms with Crippen molar-refractivity contribution in [3.05, 3.63) is 144 Å². The van der Waals surface area contributed by atoms with Gasteiger partial charge in [0, 0.05) is 0 Å². The smallest absolute Gasteiger partial charge is 0.187 e. The van der Waals surface area contributed by atoms with Crippen LogP contribution in [0.5, 0.6) is 0 Å². The molecule has 0 N–H and O–H groups in total. The van der Waals surface area contributed by atoms with Crippen molar-refractivity contribution < 1.29 is 28.4 Å². The maximum Gasteiger partial charge on any atom is 0.187 e. The van der Waals surface area contributed by atoms with Crippen LogP contribution in [0.15, 0.2) is 121 Å². The van der Waals surface area contributed by atoms with E-state index in [9.17, 15) is 0 Å². The molecule has 42 heavy (non-hydrogen) atoms. The molecule has 4 aromatic carbocycles. The first-order valence-electron chi connectivity index (χ1n) is 14.2. The van der Waals surface area contributed by atoms with Gasteiger partial charge in [0.1, 0.15) is 29.9 Å². The molecule has 1 saturated heterocycles. The lowest BCUT2D eigenvalue weighted by molar-refractivity contribution is -0.324. The summed E-state index contributed by atoms with van der Waals surface area (Å²) in [6.45, 7) is 1.92. The van der Waals surface area contributed by atoms with Crippen LogP contribution in [0.25, 0.3) is 0 Å². The highest BCUT2D eigenvalue weighted by molar-refractivity contribution is 9.09. The zero-order chi connectivity index (χ0) is 28.8. The first kappa shape index (κ1) is 30.6. The van der Waals surface area contributed by atoms with Gasteiger partial charge in [0.15, 0.2) is 6.29 Å². The largest absolute Gasteiger partial charge is 0.374 e. The Labute approximate surface area is 256 Å². The van der Waals surface area contributed by atoms with Gasteiger partial charge < -0.3 is 28.4 Å². The molecule has 1 fully saturated rings. The summed E-state index contributed by atoms with van der Waals surface area (Å²) in [4.78, 5) is 0. The van der Waals surface area contributed by atoms with Gasteiger partial charge in [-0.3, -0.25) is 0 Å². The van der Waals surface area contributed by atoms with Crippen LogP contribution >= 0.6 is 15.9 Å². The first-order chi connectivity index (χ1) is 20.8. The summed E-state index contributed by atoms with van der Waals surface area (Å²) >= 11 is 3.42. The van der Waals surface area contributed by atoms with E-state index in [1.807, 2.05) is 121 Å². The fourth-order valence-electron chi connectivity index (χ4n) is 4.94. The summed E-state index contributed by atoms with van der Waals surface area (Å²) in [7, 11) is 0. The third kappa shape index (κ3) is 9.06. The normalized spacial score (nSPS) is 22.2. The predicted molar refractivity (Wildman–Crippen MR) is 165 cm³/mol. The van der Waals surface area contributed by atoms with Gasteiger partial charge in [-0.2, -0.15) is 0 Å². The lowest BCUT2D eigenvalue weighted by Crippen LogP contribution is -2.61. The molecule has 0 aliphatic carbocycles. The van der Waals surface area contributed by atoms with E-state index in [-0.39, 0.29) is 5.52 Å². The molecule has 0 spiro atoms. The van der Waals surface area contributed by atoms with E-state index >= 15 is 0 Å². The molecule has 6 nitrogen and oxygen atoms in total. The number of hydrogen-bond acceptors (Lipinski definition) is 6. The molecule has 220 valence electrons. The zero-order valence-electron chi connectivity index (χ0n) is 23.5. The highest BCUT2D eigenvalue weighted by atomic mass is 79.9. The second-order valence-corrected chi connectivity index (χ2v) is 10.6. The molecule has 5 atom stereocenters. The molecule has 1 aliphatic heterocycles. The zero-order valence-corrected chi connectivity index (χ0v) is 25.1. The van der Waals surface area contributed by atoms with Crippen molar-refractivity contribution in [1.29, 1.82) is 0 Å². The summed E-state index contributed by atoms with van der Waals surface area (Å²) in [5, 5.41) is 0. The summed E-state index contributed by atoms with van der Waals surface area (Å²) in [6.07, 6.45) is -2.70. The monoisotopic (exact) mass is 632 g/mol. The average Bonchev–Trinajstić information content (AvgIpc) is 3.05. The molecule has 1 aliphatic rings. The Hall–Kier alpha value is -2.88. The summed E-state index contributed by atoms with van der Waals surface area (Å²) < 4.78 is 38.6. The molecular formula is C35H37BrO6. The van der Waals surface area contributed by atoms with Crippen LogP contribution in [0.2, 0.25) is 0 Å². The van der Waals surface area contributed by atoms with E-state index < -0.39 is 30.7 Å². The second-order valence-electron chi connectivity index (χ2n) is 10.1. The maximum absolute atomic E-state index is 6.66. The minimum absolute atomic E-state index is 0.279. The first-order valence-corrected chi connectivity index (χ1v) is 15.3. The molecule has 0 radical (unpaired) electrons. The van der Waals surface area contributed by atoms with Crippen LogP contribution in [0.4, 0.5) is 0 Å². The molecule has 4 aromatic rings. The molecule has 0 amide bonds. The fraction of sp³-hybridized carbons (Fsp3) is 0.314. The minimum Gasteiger partial charge on any atom is -0.374 e. The molecule has 7 heteroatoms. The molecule has 0 bridgehead atoms. The molecule has 0 unspecified atom stereocenters. The summed E-state index contributed by atoms with van der Waals surface area (Å²) in [5.74, 6) is 0. The van der Waals surface area contributed by atoms with Gasteiger partial charge in [-0.25, -0.2) is 0 Å². The van der Waals surface area contributed by atoms with Crippen molar-refractivity contribution in [2.45, 2.75) is 57.1 Å². The number of alkyl halides is 1. The number of ether oxygens (including phenoxy) is 6. The van der Waals surface area contributed by atoms with E-state index in [0.717, 1.165) is 22.3 Å². The third-order valence-corrected chi connectivity index (χ3v) is 7.33. The predicted octanol–water partition coefficient (Wildman–Crippen LogP) is 7.05. The highest BCUT2D eigenvalue weighted by Gasteiger charge is 2.49. The number of hydrogen-bond donors (Lipinski definition) is 0. The Kier molecular flexibility index (Phi) is 12.1. The van der Waals surface area contributed by atoms with Gasteiger partial charge in [0.2, 0.25) is 0 Å². The number of rotatable bonds is 15. The van der Waals surface area contributed by atoms with E-state index in [0.29, 0.717) is 33.0 Å². The van der Waals surface area contributed by atoms with Gasteiger partial charge in [0.05, 0.1) is 33.0 Å². The minimum atomic E-state index is -0.698. The number of halogens is 1. The Morgan fingerprint density at radius 3 is 1.33 bits per heavy atom. The molecule has 1 heterocycles. The Bertz CT molecular complexity index is 1280. The van der Waals surface area contributed by atoms with Crippen molar-refractivity contribution in [3.8, 4) is 0 Å². The van der Waals surface area contributed by atoms with Crippen molar-refractivity contribution in [2.24, 2.45) is 0 Å². The molecule has 0 saturated carbocycles. The van der Waals surface area contributed by atoms with Crippen LogP contribution in [0.1, 0.15) is 22.3 Å². The third-order valence-electron chi connectivity index (χ3n) is 7.07. The highest BCUT2D eigenvalue weighted by Crippen LogP contribution is 2.31. The van der Waals surface area contributed by atoms with Crippen molar-refractivity contribution in [2.75, 3.05) is 12.1 Å². The van der Waals surface area contributed by atoms with E-state index in [1.54, 1.807) is 0 Å². The average molecular weight is 634 g/mol. The molecule has 5 rings (SSSR count). The maximum atomic E-state index is 6.66. The van der Waals surface area contributed by atoms with Crippen molar-refractivity contribution >= 4 is 15.9 Å². The van der Waals surface area contributed by atoms with E-state index in [4.69, 9.17) is 28.4 Å². The summed E-state index contributed by atoms with van der Waals surface area (Å²) in [5.41, 5.74) is 4.53. The fourth-order valence-corrected chi connectivity index (χ4v) is 5.20. The van der Waals surface area contributed by atoms with E-state index in [1.165, 1.54) is 0 Å². The molecular weight excluding hydrogens is 596 g/mol. The standard InChI is InChI=1S/C35H37BrO6/c36-26-41-35-34(40-24-30-19-11-4-12-20-30)33(39-23-29-17-9-3-10-18-29)32(38-22-28-15-7-2-8-16-28)31(42-35)25-37-21-27-13-5-1-6-14-27/h1-20,31-35H,21-26H2/t31-,32-,33+,34+,35+/m1/s1. The van der Waals surface area contributed by atoms with E-state index in [2.05, 4.69) is 15.9 Å². The van der Waals surface area contributed by atoms with Crippen LogP contribution in [-0.4, -0.2) is 42.8 Å².